The van der Waals surface area contributed by atoms with Crippen LogP contribution < -0.4 is 0 Å². The van der Waals surface area contributed by atoms with Gasteiger partial charge in [0.25, 0.3) is 0 Å². The van der Waals surface area contributed by atoms with Crippen LogP contribution in [0.25, 0.3) is 0 Å². The second-order valence-corrected chi connectivity index (χ2v) is 3.62. The largest absolute Gasteiger partial charge is 0.464 e. The summed E-state index contributed by atoms with van der Waals surface area (Å²) in [4.78, 5) is -0.116. The van der Waals surface area contributed by atoms with Crippen molar-refractivity contribution >= 4 is 11.8 Å². The molecule has 0 aliphatic carbocycles. The standard InChI is InChI=1S/C8H5F5S/c9-7(10,11)8(12,13)14-6-4-2-1-3-5-6/h1-5H. The molecule has 0 atom stereocenters. The molecule has 0 N–H and O–H groups in total. The summed E-state index contributed by atoms with van der Waals surface area (Å²) in [5.41, 5.74) is 0. The number of alkyl halides is 5. The first kappa shape index (κ1) is 11.3. The summed E-state index contributed by atoms with van der Waals surface area (Å²) in [6.45, 7) is 0. The minimum absolute atomic E-state index is 0.116. The molecule has 0 nitrogen and oxygen atoms in total. The van der Waals surface area contributed by atoms with Crippen molar-refractivity contribution in [1.82, 2.24) is 0 Å². The lowest BCUT2D eigenvalue weighted by atomic mass is 10.4. The maximum atomic E-state index is 12.5. The zero-order valence-electron chi connectivity index (χ0n) is 6.68. The summed E-state index contributed by atoms with van der Waals surface area (Å²) in [6.07, 6.45) is -5.52. The van der Waals surface area contributed by atoms with Crippen LogP contribution in [0.4, 0.5) is 22.0 Å². The van der Waals surface area contributed by atoms with E-state index in [0.29, 0.717) is 0 Å². The fourth-order valence-corrected chi connectivity index (χ4v) is 1.40. The van der Waals surface area contributed by atoms with Crippen LogP contribution in [0.2, 0.25) is 0 Å². The quantitative estimate of drug-likeness (QED) is 0.545. The van der Waals surface area contributed by atoms with E-state index in [4.69, 9.17) is 0 Å². The molecule has 0 saturated carbocycles. The van der Waals surface area contributed by atoms with Crippen LogP contribution in [0.1, 0.15) is 0 Å². The molecule has 0 aliphatic rings. The molecular weight excluding hydrogens is 223 g/mol. The van der Waals surface area contributed by atoms with Crippen LogP contribution in [-0.2, 0) is 0 Å². The first-order chi connectivity index (χ1) is 6.33. The summed E-state index contributed by atoms with van der Waals surface area (Å²) >= 11 is -0.506. The number of hydrogen-bond donors (Lipinski definition) is 0. The highest BCUT2D eigenvalue weighted by Gasteiger charge is 2.58. The van der Waals surface area contributed by atoms with Gasteiger partial charge in [0, 0.05) is 4.90 Å². The summed E-state index contributed by atoms with van der Waals surface area (Å²) in [6, 6.07) is 6.73. The molecule has 0 unspecified atom stereocenters. The molecule has 1 aromatic rings. The van der Waals surface area contributed by atoms with E-state index in [1.807, 2.05) is 0 Å². The van der Waals surface area contributed by atoms with Gasteiger partial charge in [0.15, 0.2) is 0 Å². The summed E-state index contributed by atoms with van der Waals surface area (Å²) in [5.74, 6) is 0. The molecule has 6 heteroatoms. The zero-order valence-corrected chi connectivity index (χ0v) is 7.50. The minimum atomic E-state index is -5.52. The molecule has 0 aliphatic heterocycles. The lowest BCUT2D eigenvalue weighted by molar-refractivity contribution is -0.237. The maximum Gasteiger partial charge on any atom is 0.464 e. The van der Waals surface area contributed by atoms with Crippen molar-refractivity contribution in [3.8, 4) is 0 Å². The lowest BCUT2D eigenvalue weighted by Crippen LogP contribution is -2.32. The van der Waals surface area contributed by atoms with Crippen LogP contribution in [-0.4, -0.2) is 11.4 Å². The van der Waals surface area contributed by atoms with Gasteiger partial charge in [0.05, 0.1) is 0 Å². The van der Waals surface area contributed by atoms with Crippen molar-refractivity contribution in [3.05, 3.63) is 30.3 Å². The molecule has 0 spiro atoms. The molecule has 0 saturated heterocycles. The van der Waals surface area contributed by atoms with Gasteiger partial charge in [-0.1, -0.05) is 18.2 Å². The van der Waals surface area contributed by atoms with Gasteiger partial charge in [-0.25, -0.2) is 0 Å². The summed E-state index contributed by atoms with van der Waals surface area (Å²) < 4.78 is 60.2. The first-order valence-electron chi connectivity index (χ1n) is 3.51. The third-order valence-corrected chi connectivity index (χ3v) is 2.31. The SMILES string of the molecule is FC(F)(F)C(F)(F)Sc1ccccc1. The fourth-order valence-electron chi connectivity index (χ4n) is 0.694. The molecule has 1 rings (SSSR count). The third-order valence-electron chi connectivity index (χ3n) is 1.32. The van der Waals surface area contributed by atoms with Crippen LogP contribution in [0.5, 0.6) is 0 Å². The second-order valence-electron chi connectivity index (χ2n) is 2.43. The van der Waals surface area contributed by atoms with Crippen LogP contribution in [0.3, 0.4) is 0 Å². The molecule has 0 radical (unpaired) electrons. The Morgan fingerprint density at radius 1 is 0.857 bits per heavy atom. The Labute approximate surface area is 81.1 Å². The van der Waals surface area contributed by atoms with Crippen molar-refractivity contribution < 1.29 is 22.0 Å². The average Bonchev–Trinajstić information content (AvgIpc) is 2.03. The molecule has 0 amide bonds. The normalized spacial score (nSPS) is 12.9. The Bertz CT molecular complexity index is 292. The van der Waals surface area contributed by atoms with Crippen LogP contribution >= 0.6 is 11.8 Å². The molecule has 0 aromatic heterocycles. The molecule has 78 valence electrons. The Kier molecular flexibility index (Phi) is 3.04. The highest BCUT2D eigenvalue weighted by atomic mass is 32.2. The Hall–Kier alpha value is -0.780. The number of thioether (sulfide) groups is 1. The van der Waals surface area contributed by atoms with Gasteiger partial charge in [-0.3, -0.25) is 0 Å². The van der Waals surface area contributed by atoms with Crippen LogP contribution in [0.15, 0.2) is 35.2 Å². The van der Waals surface area contributed by atoms with Crippen molar-refractivity contribution in [1.29, 1.82) is 0 Å². The van der Waals surface area contributed by atoms with Crippen molar-refractivity contribution in [2.75, 3.05) is 0 Å². The van der Waals surface area contributed by atoms with E-state index < -0.39 is 23.2 Å². The molecule has 0 heterocycles. The van der Waals surface area contributed by atoms with Gasteiger partial charge in [0.2, 0.25) is 0 Å². The Morgan fingerprint density at radius 2 is 1.36 bits per heavy atom. The van der Waals surface area contributed by atoms with E-state index in [2.05, 4.69) is 0 Å². The maximum absolute atomic E-state index is 12.5. The van der Waals surface area contributed by atoms with Crippen LogP contribution in [0, 0.1) is 0 Å². The summed E-state index contributed by atoms with van der Waals surface area (Å²) in [5, 5.41) is -4.74. The summed E-state index contributed by atoms with van der Waals surface area (Å²) in [7, 11) is 0. The second kappa shape index (κ2) is 3.76. The molecule has 0 bridgehead atoms. The fraction of sp³-hybridized carbons (Fsp3) is 0.250. The zero-order chi connectivity index (χ0) is 10.8. The van der Waals surface area contributed by atoms with Crippen molar-refractivity contribution in [2.45, 2.75) is 16.3 Å². The molecule has 0 fully saturated rings. The van der Waals surface area contributed by atoms with E-state index in [0.717, 1.165) is 0 Å². The number of benzene rings is 1. The topological polar surface area (TPSA) is 0 Å². The monoisotopic (exact) mass is 228 g/mol. The third kappa shape index (κ3) is 2.60. The van der Waals surface area contributed by atoms with E-state index >= 15 is 0 Å². The molecule has 1 aromatic carbocycles. The average molecular weight is 228 g/mol. The highest BCUT2D eigenvalue weighted by Crippen LogP contribution is 2.47. The smallest absolute Gasteiger partial charge is 0.183 e. The lowest BCUT2D eigenvalue weighted by Gasteiger charge is -2.18. The van der Waals surface area contributed by atoms with Crippen molar-refractivity contribution in [3.63, 3.8) is 0 Å². The van der Waals surface area contributed by atoms with Crippen molar-refractivity contribution in [2.24, 2.45) is 0 Å². The Morgan fingerprint density at radius 3 is 1.79 bits per heavy atom. The Balaban J connectivity index is 2.79. The van der Waals surface area contributed by atoms with Gasteiger partial charge in [0.1, 0.15) is 0 Å². The van der Waals surface area contributed by atoms with Gasteiger partial charge in [-0.15, -0.1) is 0 Å². The highest BCUT2D eigenvalue weighted by molar-refractivity contribution is 8.00. The van der Waals surface area contributed by atoms with E-state index in [1.54, 1.807) is 0 Å². The van der Waals surface area contributed by atoms with E-state index in [-0.39, 0.29) is 4.90 Å². The minimum Gasteiger partial charge on any atom is -0.183 e. The van der Waals surface area contributed by atoms with Gasteiger partial charge in [-0.2, -0.15) is 22.0 Å². The molecular formula is C8H5F5S. The molecule has 14 heavy (non-hydrogen) atoms. The number of rotatable bonds is 2. The number of halogens is 5. The first-order valence-corrected chi connectivity index (χ1v) is 4.33. The predicted octanol–water partition coefficient (Wildman–Crippen LogP) is 3.93. The van der Waals surface area contributed by atoms with Gasteiger partial charge in [-0.05, 0) is 23.9 Å². The predicted molar refractivity (Wildman–Crippen MR) is 43.3 cm³/mol. The van der Waals surface area contributed by atoms with E-state index in [1.165, 1.54) is 30.3 Å². The van der Waals surface area contributed by atoms with Gasteiger partial charge < -0.3 is 0 Å². The van der Waals surface area contributed by atoms with E-state index in [9.17, 15) is 22.0 Å². The number of hydrogen-bond acceptors (Lipinski definition) is 1. The van der Waals surface area contributed by atoms with Gasteiger partial charge >= 0.3 is 11.4 Å².